The predicted molar refractivity (Wildman–Crippen MR) is 70.9 cm³/mol. The van der Waals surface area contributed by atoms with Crippen molar-refractivity contribution < 1.29 is 4.79 Å². The molecule has 0 radical (unpaired) electrons. The smallest absolute Gasteiger partial charge is 0.242 e. The number of halogens is 1. The summed E-state index contributed by atoms with van der Waals surface area (Å²) in [4.78, 5) is 16.2. The molecule has 1 aliphatic heterocycles. The number of aryl methyl sites for hydroxylation is 1. The van der Waals surface area contributed by atoms with E-state index in [0.717, 1.165) is 23.0 Å². The van der Waals surface area contributed by atoms with E-state index in [-0.39, 0.29) is 11.9 Å². The maximum Gasteiger partial charge on any atom is 0.242 e. The predicted octanol–water partition coefficient (Wildman–Crippen LogP) is 2.09. The third-order valence-electron chi connectivity index (χ3n) is 3.10. The summed E-state index contributed by atoms with van der Waals surface area (Å²) in [7, 11) is 0. The number of nitrogens with one attached hydrogen (secondary N) is 2. The van der Waals surface area contributed by atoms with Crippen LogP contribution < -0.4 is 10.6 Å². The Morgan fingerprint density at radius 1 is 1.65 bits per heavy atom. The first-order chi connectivity index (χ1) is 8.08. The molecule has 0 aliphatic carbocycles. The fourth-order valence-electron chi connectivity index (χ4n) is 2.05. The van der Waals surface area contributed by atoms with Gasteiger partial charge in [-0.3, -0.25) is 4.79 Å². The average molecular weight is 298 g/mol. The molecule has 2 heterocycles. The Bertz CT molecular complexity index is 436. The Kier molecular flexibility index (Phi) is 3.79. The first-order valence-corrected chi connectivity index (χ1v) is 6.53. The molecule has 0 aromatic carbocycles. The zero-order chi connectivity index (χ0) is 12.4. The number of amides is 1. The summed E-state index contributed by atoms with van der Waals surface area (Å²) in [5, 5.41) is 6.08. The minimum absolute atomic E-state index is 0.00734. The van der Waals surface area contributed by atoms with Crippen LogP contribution in [-0.4, -0.2) is 23.5 Å². The summed E-state index contributed by atoms with van der Waals surface area (Å²) in [6.07, 6.45) is 2.74. The molecule has 1 amide bonds. The summed E-state index contributed by atoms with van der Waals surface area (Å²) in [5.74, 6) is 1.03. The summed E-state index contributed by atoms with van der Waals surface area (Å²) >= 11 is 3.35. The first kappa shape index (κ1) is 12.5. The standard InChI is InChI=1S/C12H16BrN3O/c1-7-3-4-14-10(7)12(17)16-11-8(2)5-9(13)6-15-11/h5-7,10,14H,3-4H2,1-2H3,(H,15,16,17). The number of aromatic nitrogens is 1. The average Bonchev–Trinajstić information content (AvgIpc) is 2.68. The Morgan fingerprint density at radius 2 is 2.41 bits per heavy atom. The largest absolute Gasteiger partial charge is 0.309 e. The monoisotopic (exact) mass is 297 g/mol. The van der Waals surface area contributed by atoms with Gasteiger partial charge in [-0.25, -0.2) is 4.98 Å². The molecular weight excluding hydrogens is 282 g/mol. The molecule has 2 rings (SSSR count). The topological polar surface area (TPSA) is 54.0 Å². The Hall–Kier alpha value is -0.940. The molecule has 1 saturated heterocycles. The summed E-state index contributed by atoms with van der Waals surface area (Å²) in [6.45, 7) is 4.93. The van der Waals surface area contributed by atoms with Gasteiger partial charge in [0.1, 0.15) is 5.82 Å². The summed E-state index contributed by atoms with van der Waals surface area (Å²) in [5.41, 5.74) is 0.957. The van der Waals surface area contributed by atoms with Crippen molar-refractivity contribution >= 4 is 27.7 Å². The molecular formula is C12H16BrN3O. The van der Waals surface area contributed by atoms with Crippen LogP contribution in [0, 0.1) is 12.8 Å². The number of carbonyl (C=O) groups excluding carboxylic acids is 1. The van der Waals surface area contributed by atoms with Crippen LogP contribution >= 0.6 is 15.9 Å². The lowest BCUT2D eigenvalue weighted by Crippen LogP contribution is -2.39. The number of hydrogen-bond acceptors (Lipinski definition) is 3. The quantitative estimate of drug-likeness (QED) is 0.879. The Balaban J connectivity index is 2.07. The molecule has 1 aromatic rings. The highest BCUT2D eigenvalue weighted by Crippen LogP contribution is 2.19. The van der Waals surface area contributed by atoms with E-state index in [1.54, 1.807) is 6.20 Å². The second-order valence-electron chi connectivity index (χ2n) is 4.51. The van der Waals surface area contributed by atoms with E-state index < -0.39 is 0 Å². The van der Waals surface area contributed by atoms with Crippen molar-refractivity contribution in [3.8, 4) is 0 Å². The van der Waals surface area contributed by atoms with Gasteiger partial charge < -0.3 is 10.6 Å². The number of nitrogens with zero attached hydrogens (tertiary/aromatic N) is 1. The minimum Gasteiger partial charge on any atom is -0.309 e. The van der Waals surface area contributed by atoms with Crippen LogP contribution in [0.15, 0.2) is 16.7 Å². The number of anilines is 1. The van der Waals surface area contributed by atoms with Gasteiger partial charge in [-0.1, -0.05) is 6.92 Å². The van der Waals surface area contributed by atoms with E-state index in [1.807, 2.05) is 13.0 Å². The molecule has 2 N–H and O–H groups in total. The van der Waals surface area contributed by atoms with E-state index in [9.17, 15) is 4.79 Å². The number of pyridine rings is 1. The second-order valence-corrected chi connectivity index (χ2v) is 5.42. The molecule has 1 aliphatic rings. The van der Waals surface area contributed by atoms with E-state index in [2.05, 4.69) is 38.5 Å². The fraction of sp³-hybridized carbons (Fsp3) is 0.500. The third-order valence-corrected chi connectivity index (χ3v) is 3.54. The highest BCUT2D eigenvalue weighted by atomic mass is 79.9. The van der Waals surface area contributed by atoms with Gasteiger partial charge in [-0.2, -0.15) is 0 Å². The van der Waals surface area contributed by atoms with Crippen molar-refractivity contribution in [2.24, 2.45) is 5.92 Å². The Labute approximate surface area is 109 Å². The zero-order valence-electron chi connectivity index (χ0n) is 9.96. The van der Waals surface area contributed by atoms with Crippen LogP contribution in [0.4, 0.5) is 5.82 Å². The minimum atomic E-state index is -0.0974. The van der Waals surface area contributed by atoms with Crippen molar-refractivity contribution in [3.05, 3.63) is 22.3 Å². The molecule has 2 unspecified atom stereocenters. The lowest BCUT2D eigenvalue weighted by Gasteiger charge is -2.15. The lowest BCUT2D eigenvalue weighted by atomic mass is 10.0. The van der Waals surface area contributed by atoms with Crippen molar-refractivity contribution in [1.82, 2.24) is 10.3 Å². The maximum atomic E-state index is 12.0. The summed E-state index contributed by atoms with van der Waals surface area (Å²) in [6, 6.07) is 1.84. The van der Waals surface area contributed by atoms with Gasteiger partial charge in [-0.15, -0.1) is 0 Å². The van der Waals surface area contributed by atoms with Gasteiger partial charge in [0, 0.05) is 10.7 Å². The number of carbonyl (C=O) groups is 1. The van der Waals surface area contributed by atoms with Gasteiger partial charge in [0.05, 0.1) is 6.04 Å². The van der Waals surface area contributed by atoms with Gasteiger partial charge in [0.25, 0.3) is 0 Å². The highest BCUT2D eigenvalue weighted by molar-refractivity contribution is 9.10. The van der Waals surface area contributed by atoms with Crippen molar-refractivity contribution in [2.75, 3.05) is 11.9 Å². The van der Waals surface area contributed by atoms with Gasteiger partial charge in [-0.05, 0) is 53.4 Å². The highest BCUT2D eigenvalue weighted by Gasteiger charge is 2.29. The molecule has 0 saturated carbocycles. The molecule has 92 valence electrons. The van der Waals surface area contributed by atoms with Crippen LogP contribution in [0.5, 0.6) is 0 Å². The van der Waals surface area contributed by atoms with Crippen molar-refractivity contribution in [2.45, 2.75) is 26.3 Å². The number of rotatable bonds is 2. The lowest BCUT2D eigenvalue weighted by molar-refractivity contribution is -0.118. The van der Waals surface area contributed by atoms with Gasteiger partial charge in [0.2, 0.25) is 5.91 Å². The van der Waals surface area contributed by atoms with Gasteiger partial charge in [0.15, 0.2) is 0 Å². The van der Waals surface area contributed by atoms with Crippen LogP contribution in [0.3, 0.4) is 0 Å². The van der Waals surface area contributed by atoms with Crippen LogP contribution in [0.25, 0.3) is 0 Å². The summed E-state index contributed by atoms with van der Waals surface area (Å²) < 4.78 is 0.917. The Morgan fingerprint density at radius 3 is 3.00 bits per heavy atom. The normalized spacial score (nSPS) is 23.7. The van der Waals surface area contributed by atoms with E-state index >= 15 is 0 Å². The number of hydrogen-bond donors (Lipinski definition) is 2. The maximum absolute atomic E-state index is 12.0. The van der Waals surface area contributed by atoms with E-state index in [1.165, 1.54) is 0 Å². The molecule has 2 atom stereocenters. The molecule has 0 spiro atoms. The molecule has 1 aromatic heterocycles. The van der Waals surface area contributed by atoms with Crippen LogP contribution in [-0.2, 0) is 4.79 Å². The van der Waals surface area contributed by atoms with Gasteiger partial charge >= 0.3 is 0 Å². The van der Waals surface area contributed by atoms with E-state index in [4.69, 9.17) is 0 Å². The van der Waals surface area contributed by atoms with Crippen molar-refractivity contribution in [1.29, 1.82) is 0 Å². The van der Waals surface area contributed by atoms with Crippen molar-refractivity contribution in [3.63, 3.8) is 0 Å². The zero-order valence-corrected chi connectivity index (χ0v) is 11.5. The second kappa shape index (κ2) is 5.14. The third kappa shape index (κ3) is 2.84. The molecule has 0 bridgehead atoms. The van der Waals surface area contributed by atoms with Crippen LogP contribution in [0.1, 0.15) is 18.9 Å². The SMILES string of the molecule is Cc1cc(Br)cnc1NC(=O)C1NCCC1C. The fourth-order valence-corrected chi connectivity index (χ4v) is 2.50. The molecule has 17 heavy (non-hydrogen) atoms. The first-order valence-electron chi connectivity index (χ1n) is 5.74. The molecule has 4 nitrogen and oxygen atoms in total. The van der Waals surface area contributed by atoms with Crippen LogP contribution in [0.2, 0.25) is 0 Å². The van der Waals surface area contributed by atoms with E-state index in [0.29, 0.717) is 11.7 Å². The molecule has 5 heteroatoms. The molecule has 1 fully saturated rings.